The highest BCUT2D eigenvalue weighted by atomic mass is 79.9. The van der Waals surface area contributed by atoms with Crippen LogP contribution in [0.1, 0.15) is 25.3 Å². The zero-order valence-corrected chi connectivity index (χ0v) is 16.2. The van der Waals surface area contributed by atoms with Crippen LogP contribution in [-0.4, -0.2) is 24.5 Å². The lowest BCUT2D eigenvalue weighted by Gasteiger charge is -2.17. The van der Waals surface area contributed by atoms with E-state index < -0.39 is 6.10 Å². The number of nitrogens with zero attached hydrogens (tertiary/aromatic N) is 1. The smallest absolute Gasteiger partial charge is 0.261 e. The van der Waals surface area contributed by atoms with Crippen molar-refractivity contribution < 1.29 is 14.3 Å². The number of anilines is 1. The van der Waals surface area contributed by atoms with Gasteiger partial charge in [0.15, 0.2) is 6.10 Å². The molecule has 0 aliphatic carbocycles. The number of hydrogen-bond donors (Lipinski definition) is 1. The molecule has 1 aliphatic heterocycles. The third kappa shape index (κ3) is 4.64. The molecule has 136 valence electrons. The van der Waals surface area contributed by atoms with Gasteiger partial charge < -0.3 is 15.0 Å². The summed E-state index contributed by atoms with van der Waals surface area (Å²) in [6, 6.07) is 15.1. The molecule has 0 bridgehead atoms. The van der Waals surface area contributed by atoms with Crippen molar-refractivity contribution in [2.45, 2.75) is 32.4 Å². The first kappa shape index (κ1) is 18.5. The van der Waals surface area contributed by atoms with Crippen molar-refractivity contribution in [3.63, 3.8) is 0 Å². The van der Waals surface area contributed by atoms with Gasteiger partial charge in [0.1, 0.15) is 5.75 Å². The first-order valence-corrected chi connectivity index (χ1v) is 9.41. The summed E-state index contributed by atoms with van der Waals surface area (Å²) in [5.74, 6) is 0.646. The summed E-state index contributed by atoms with van der Waals surface area (Å²) < 4.78 is 6.60. The Kier molecular flexibility index (Phi) is 5.93. The van der Waals surface area contributed by atoms with Crippen LogP contribution >= 0.6 is 15.9 Å². The molecule has 1 atom stereocenters. The van der Waals surface area contributed by atoms with Crippen LogP contribution in [0, 0.1) is 0 Å². The predicted octanol–water partition coefficient (Wildman–Crippen LogP) is 3.66. The van der Waals surface area contributed by atoms with Gasteiger partial charge in [-0.25, -0.2) is 0 Å². The molecule has 0 saturated carbocycles. The fourth-order valence-corrected chi connectivity index (χ4v) is 3.08. The summed E-state index contributed by atoms with van der Waals surface area (Å²) in [4.78, 5) is 25.8. The van der Waals surface area contributed by atoms with E-state index in [1.165, 1.54) is 0 Å². The number of ether oxygens (including phenoxy) is 1. The number of carbonyl (C=O) groups excluding carboxylic acids is 2. The molecule has 26 heavy (non-hydrogen) atoms. The second-order valence-corrected chi connectivity index (χ2v) is 7.16. The van der Waals surface area contributed by atoms with E-state index in [0.717, 1.165) is 28.7 Å². The maximum atomic E-state index is 12.2. The summed E-state index contributed by atoms with van der Waals surface area (Å²) in [5.41, 5.74) is 1.89. The lowest BCUT2D eigenvalue weighted by molar-refractivity contribution is -0.127. The van der Waals surface area contributed by atoms with E-state index in [1.807, 2.05) is 48.5 Å². The van der Waals surface area contributed by atoms with E-state index in [0.29, 0.717) is 18.7 Å². The third-order valence-corrected chi connectivity index (χ3v) is 4.81. The maximum Gasteiger partial charge on any atom is 0.261 e. The average molecular weight is 417 g/mol. The molecule has 0 radical (unpaired) electrons. The SMILES string of the molecule is C[C@H](Oc1ccc(Br)cc1)C(=O)NCc1ccc(N2CCCC2=O)cc1. The largest absolute Gasteiger partial charge is 0.481 e. The van der Waals surface area contributed by atoms with Gasteiger partial charge in [0.2, 0.25) is 5.91 Å². The van der Waals surface area contributed by atoms with Gasteiger partial charge in [-0.05, 0) is 55.3 Å². The van der Waals surface area contributed by atoms with Gasteiger partial charge in [-0.3, -0.25) is 9.59 Å². The zero-order valence-electron chi connectivity index (χ0n) is 14.6. The molecule has 1 heterocycles. The molecule has 0 unspecified atom stereocenters. The Morgan fingerprint density at radius 1 is 1.19 bits per heavy atom. The van der Waals surface area contributed by atoms with Gasteiger partial charge in [0.25, 0.3) is 5.91 Å². The van der Waals surface area contributed by atoms with E-state index in [1.54, 1.807) is 11.8 Å². The van der Waals surface area contributed by atoms with E-state index in [2.05, 4.69) is 21.2 Å². The van der Waals surface area contributed by atoms with Crippen LogP contribution in [0.3, 0.4) is 0 Å². The number of nitrogens with one attached hydrogen (secondary N) is 1. The second kappa shape index (κ2) is 8.36. The molecule has 1 N–H and O–H groups in total. The molecular formula is C20H21BrN2O3. The standard InChI is InChI=1S/C20H21BrN2O3/c1-14(26-18-10-6-16(21)7-11-18)20(25)22-13-15-4-8-17(9-5-15)23-12-2-3-19(23)24/h4-11,14H,2-3,12-13H2,1H3,(H,22,25)/t14-/m0/s1. The molecular weight excluding hydrogens is 396 g/mol. The minimum absolute atomic E-state index is 0.171. The fourth-order valence-electron chi connectivity index (χ4n) is 2.82. The fraction of sp³-hybridized carbons (Fsp3) is 0.300. The van der Waals surface area contributed by atoms with E-state index >= 15 is 0 Å². The Morgan fingerprint density at radius 3 is 2.50 bits per heavy atom. The van der Waals surface area contributed by atoms with Crippen molar-refractivity contribution in [2.75, 3.05) is 11.4 Å². The molecule has 2 amide bonds. The van der Waals surface area contributed by atoms with E-state index in [-0.39, 0.29) is 11.8 Å². The highest BCUT2D eigenvalue weighted by Crippen LogP contribution is 2.21. The molecule has 1 fully saturated rings. The summed E-state index contributed by atoms with van der Waals surface area (Å²) in [7, 11) is 0. The molecule has 6 heteroatoms. The Balaban J connectivity index is 1.50. The number of halogens is 1. The highest BCUT2D eigenvalue weighted by Gasteiger charge is 2.21. The Bertz CT molecular complexity index is 775. The minimum atomic E-state index is -0.585. The van der Waals surface area contributed by atoms with Crippen molar-refractivity contribution in [2.24, 2.45) is 0 Å². The van der Waals surface area contributed by atoms with Gasteiger partial charge in [-0.2, -0.15) is 0 Å². The van der Waals surface area contributed by atoms with E-state index in [4.69, 9.17) is 4.74 Å². The van der Waals surface area contributed by atoms with Gasteiger partial charge in [0.05, 0.1) is 0 Å². The van der Waals surface area contributed by atoms with Crippen LogP contribution in [0.25, 0.3) is 0 Å². The molecule has 2 aromatic carbocycles. The first-order chi connectivity index (χ1) is 12.5. The van der Waals surface area contributed by atoms with Crippen LogP contribution in [0.15, 0.2) is 53.0 Å². The quantitative estimate of drug-likeness (QED) is 0.781. The van der Waals surface area contributed by atoms with Gasteiger partial charge in [-0.1, -0.05) is 28.1 Å². The molecule has 2 aromatic rings. The summed E-state index contributed by atoms with van der Waals surface area (Å²) in [5, 5.41) is 2.87. The molecule has 0 spiro atoms. The van der Waals surface area contributed by atoms with Crippen molar-refractivity contribution in [3.8, 4) is 5.75 Å². The molecule has 0 aromatic heterocycles. The van der Waals surface area contributed by atoms with Crippen molar-refractivity contribution in [3.05, 3.63) is 58.6 Å². The Morgan fingerprint density at radius 2 is 1.88 bits per heavy atom. The van der Waals surface area contributed by atoms with E-state index in [9.17, 15) is 9.59 Å². The highest BCUT2D eigenvalue weighted by molar-refractivity contribution is 9.10. The van der Waals surface area contributed by atoms with Gasteiger partial charge in [-0.15, -0.1) is 0 Å². The average Bonchev–Trinajstić information content (AvgIpc) is 3.08. The zero-order chi connectivity index (χ0) is 18.5. The summed E-state index contributed by atoms with van der Waals surface area (Å²) in [6.45, 7) is 2.92. The summed E-state index contributed by atoms with van der Waals surface area (Å²) in [6.07, 6.45) is 0.943. The van der Waals surface area contributed by atoms with Gasteiger partial charge >= 0.3 is 0 Å². The molecule has 1 saturated heterocycles. The maximum absolute atomic E-state index is 12.2. The molecule has 5 nitrogen and oxygen atoms in total. The van der Waals surface area contributed by atoms with Crippen molar-refractivity contribution in [1.29, 1.82) is 0 Å². The van der Waals surface area contributed by atoms with Crippen LogP contribution < -0.4 is 15.0 Å². The van der Waals surface area contributed by atoms with Crippen LogP contribution in [0.5, 0.6) is 5.75 Å². The number of hydrogen-bond acceptors (Lipinski definition) is 3. The topological polar surface area (TPSA) is 58.6 Å². The number of benzene rings is 2. The Labute approximate surface area is 161 Å². The van der Waals surface area contributed by atoms with Gasteiger partial charge in [0, 0.05) is 29.7 Å². The lowest BCUT2D eigenvalue weighted by Crippen LogP contribution is -2.35. The Hall–Kier alpha value is -2.34. The van der Waals surface area contributed by atoms with Crippen LogP contribution in [-0.2, 0) is 16.1 Å². The molecule has 1 aliphatic rings. The number of rotatable bonds is 6. The molecule has 3 rings (SSSR count). The van der Waals surface area contributed by atoms with Crippen molar-refractivity contribution in [1.82, 2.24) is 5.32 Å². The first-order valence-electron chi connectivity index (χ1n) is 8.62. The predicted molar refractivity (Wildman–Crippen MR) is 104 cm³/mol. The monoisotopic (exact) mass is 416 g/mol. The second-order valence-electron chi connectivity index (χ2n) is 6.25. The van der Waals surface area contributed by atoms with Crippen LogP contribution in [0.2, 0.25) is 0 Å². The normalized spacial score (nSPS) is 15.0. The van der Waals surface area contributed by atoms with Crippen molar-refractivity contribution >= 4 is 33.4 Å². The minimum Gasteiger partial charge on any atom is -0.481 e. The van der Waals surface area contributed by atoms with Crippen LogP contribution in [0.4, 0.5) is 5.69 Å². The summed E-state index contributed by atoms with van der Waals surface area (Å²) >= 11 is 3.36. The number of amides is 2. The lowest BCUT2D eigenvalue weighted by atomic mass is 10.2. The number of carbonyl (C=O) groups is 2. The third-order valence-electron chi connectivity index (χ3n) is 4.28.